The minimum Gasteiger partial charge on any atom is -0.507 e. The van der Waals surface area contributed by atoms with Crippen LogP contribution in [-0.2, 0) is 0 Å². The van der Waals surface area contributed by atoms with Crippen LogP contribution in [0.1, 0.15) is 26.7 Å². The second kappa shape index (κ2) is 6.19. The van der Waals surface area contributed by atoms with E-state index in [9.17, 15) is 5.11 Å². The zero-order valence-electron chi connectivity index (χ0n) is 11.9. The SMILES string of the molecule is CC(C)(C#N)CCCSc1ccc(O)c2ccccc12. The van der Waals surface area contributed by atoms with Gasteiger partial charge in [-0.3, -0.25) is 0 Å². The predicted molar refractivity (Wildman–Crippen MR) is 85.0 cm³/mol. The molecule has 104 valence electrons. The summed E-state index contributed by atoms with van der Waals surface area (Å²) in [5.74, 6) is 1.32. The average Bonchev–Trinajstić information content (AvgIpc) is 2.46. The van der Waals surface area contributed by atoms with E-state index in [1.54, 1.807) is 17.8 Å². The molecule has 2 aromatic carbocycles. The molecule has 20 heavy (non-hydrogen) atoms. The number of aromatic hydroxyl groups is 1. The quantitative estimate of drug-likeness (QED) is 0.623. The van der Waals surface area contributed by atoms with Crippen LogP contribution >= 0.6 is 11.8 Å². The van der Waals surface area contributed by atoms with Crippen molar-refractivity contribution in [3.63, 3.8) is 0 Å². The Bertz CT molecular complexity index is 643. The van der Waals surface area contributed by atoms with Gasteiger partial charge in [0.05, 0.1) is 11.5 Å². The van der Waals surface area contributed by atoms with E-state index in [0.717, 1.165) is 29.4 Å². The first-order valence-corrected chi connectivity index (χ1v) is 7.77. The lowest BCUT2D eigenvalue weighted by Gasteiger charge is -2.14. The van der Waals surface area contributed by atoms with Crippen LogP contribution in [0, 0.1) is 16.7 Å². The van der Waals surface area contributed by atoms with Crippen molar-refractivity contribution in [3.8, 4) is 11.8 Å². The first-order chi connectivity index (χ1) is 9.53. The summed E-state index contributed by atoms with van der Waals surface area (Å²) in [4.78, 5) is 1.19. The summed E-state index contributed by atoms with van der Waals surface area (Å²) in [5.41, 5.74) is -0.239. The molecule has 0 aromatic heterocycles. The number of fused-ring (bicyclic) bond motifs is 1. The molecule has 0 atom stereocenters. The molecule has 0 saturated heterocycles. The van der Waals surface area contributed by atoms with Crippen molar-refractivity contribution in [3.05, 3.63) is 36.4 Å². The van der Waals surface area contributed by atoms with E-state index < -0.39 is 0 Å². The molecule has 0 fully saturated rings. The molecule has 0 aliphatic rings. The number of hydrogen-bond donors (Lipinski definition) is 1. The van der Waals surface area contributed by atoms with Crippen LogP contribution in [-0.4, -0.2) is 10.9 Å². The number of nitrogens with zero attached hydrogens (tertiary/aromatic N) is 1. The minimum atomic E-state index is -0.239. The maximum Gasteiger partial charge on any atom is 0.123 e. The maximum absolute atomic E-state index is 9.86. The van der Waals surface area contributed by atoms with E-state index in [0.29, 0.717) is 5.75 Å². The summed E-state index contributed by atoms with van der Waals surface area (Å²) in [6.45, 7) is 3.96. The van der Waals surface area contributed by atoms with Gasteiger partial charge in [0.25, 0.3) is 0 Å². The zero-order valence-corrected chi connectivity index (χ0v) is 12.7. The van der Waals surface area contributed by atoms with Crippen LogP contribution in [0.15, 0.2) is 41.3 Å². The van der Waals surface area contributed by atoms with Crippen molar-refractivity contribution >= 4 is 22.5 Å². The van der Waals surface area contributed by atoms with Crippen molar-refractivity contribution in [2.75, 3.05) is 5.75 Å². The van der Waals surface area contributed by atoms with Gasteiger partial charge in [-0.15, -0.1) is 11.8 Å². The van der Waals surface area contributed by atoms with Crippen LogP contribution in [0.25, 0.3) is 10.8 Å². The number of benzene rings is 2. The molecule has 2 nitrogen and oxygen atoms in total. The third kappa shape index (κ3) is 3.46. The third-order valence-electron chi connectivity index (χ3n) is 3.37. The normalized spacial score (nSPS) is 11.4. The number of rotatable bonds is 5. The van der Waals surface area contributed by atoms with Gasteiger partial charge in [0, 0.05) is 10.3 Å². The summed E-state index contributed by atoms with van der Waals surface area (Å²) in [6, 6.07) is 14.0. The second-order valence-electron chi connectivity index (χ2n) is 5.58. The first kappa shape index (κ1) is 14.7. The number of thioether (sulfide) groups is 1. The molecule has 0 saturated carbocycles. The van der Waals surface area contributed by atoms with E-state index in [2.05, 4.69) is 6.07 Å². The molecule has 2 rings (SSSR count). The second-order valence-corrected chi connectivity index (χ2v) is 6.71. The highest BCUT2D eigenvalue weighted by atomic mass is 32.2. The summed E-state index contributed by atoms with van der Waals surface area (Å²) in [7, 11) is 0. The number of hydrogen-bond acceptors (Lipinski definition) is 3. The smallest absolute Gasteiger partial charge is 0.123 e. The summed E-state index contributed by atoms with van der Waals surface area (Å²) < 4.78 is 0. The Morgan fingerprint density at radius 2 is 1.85 bits per heavy atom. The highest BCUT2D eigenvalue weighted by molar-refractivity contribution is 7.99. The molecule has 1 N–H and O–H groups in total. The third-order valence-corrected chi connectivity index (χ3v) is 4.53. The summed E-state index contributed by atoms with van der Waals surface area (Å²) >= 11 is 1.79. The van der Waals surface area contributed by atoms with Gasteiger partial charge >= 0.3 is 0 Å². The molecule has 0 bridgehead atoms. The molecule has 2 aromatic rings. The maximum atomic E-state index is 9.86. The number of phenolic OH excluding ortho intramolecular Hbond substituents is 1. The molecule has 0 aliphatic heterocycles. The van der Waals surface area contributed by atoms with Gasteiger partial charge in [0.1, 0.15) is 5.75 Å². The van der Waals surface area contributed by atoms with Crippen LogP contribution in [0.3, 0.4) is 0 Å². The van der Waals surface area contributed by atoms with Gasteiger partial charge in [0.15, 0.2) is 0 Å². The zero-order chi connectivity index (χ0) is 14.6. The Labute approximate surface area is 124 Å². The fourth-order valence-corrected chi connectivity index (χ4v) is 3.14. The van der Waals surface area contributed by atoms with Gasteiger partial charge in [-0.25, -0.2) is 0 Å². The summed E-state index contributed by atoms with van der Waals surface area (Å²) in [5, 5.41) is 20.9. The molecular weight excluding hydrogens is 266 g/mol. The lowest BCUT2D eigenvalue weighted by molar-refractivity contribution is 0.448. The van der Waals surface area contributed by atoms with Gasteiger partial charge in [-0.2, -0.15) is 5.26 Å². The Morgan fingerprint density at radius 1 is 1.15 bits per heavy atom. The van der Waals surface area contributed by atoms with E-state index in [1.165, 1.54) is 4.90 Å². The van der Waals surface area contributed by atoms with E-state index >= 15 is 0 Å². The molecular formula is C17H19NOS. The fourth-order valence-electron chi connectivity index (χ4n) is 2.13. The Morgan fingerprint density at radius 3 is 2.55 bits per heavy atom. The predicted octanol–water partition coefficient (Wildman–Crippen LogP) is 4.97. The summed E-state index contributed by atoms with van der Waals surface area (Å²) in [6.07, 6.45) is 1.92. The van der Waals surface area contributed by atoms with Crippen LogP contribution in [0.5, 0.6) is 5.75 Å². The molecule has 0 unspecified atom stereocenters. The highest BCUT2D eigenvalue weighted by Crippen LogP contribution is 2.34. The molecule has 0 spiro atoms. The molecule has 3 heteroatoms. The van der Waals surface area contributed by atoms with Crippen LogP contribution < -0.4 is 0 Å². The van der Waals surface area contributed by atoms with Gasteiger partial charge in [0.2, 0.25) is 0 Å². The van der Waals surface area contributed by atoms with Gasteiger partial charge < -0.3 is 5.11 Å². The number of nitriles is 1. The molecule has 0 heterocycles. The Kier molecular flexibility index (Phi) is 4.57. The Hall–Kier alpha value is -1.66. The monoisotopic (exact) mass is 285 g/mol. The minimum absolute atomic E-state index is 0.239. The van der Waals surface area contributed by atoms with E-state index in [1.807, 2.05) is 44.2 Å². The van der Waals surface area contributed by atoms with Crippen molar-refractivity contribution in [1.82, 2.24) is 0 Å². The average molecular weight is 285 g/mol. The van der Waals surface area contributed by atoms with Crippen molar-refractivity contribution < 1.29 is 5.11 Å². The molecule has 0 radical (unpaired) electrons. The lowest BCUT2D eigenvalue weighted by atomic mass is 9.90. The first-order valence-electron chi connectivity index (χ1n) is 6.78. The van der Waals surface area contributed by atoms with Crippen molar-refractivity contribution in [2.45, 2.75) is 31.6 Å². The van der Waals surface area contributed by atoms with Crippen LogP contribution in [0.4, 0.5) is 0 Å². The fraction of sp³-hybridized carbons (Fsp3) is 0.353. The Balaban J connectivity index is 2.05. The molecule has 0 amide bonds. The van der Waals surface area contributed by atoms with E-state index in [4.69, 9.17) is 5.26 Å². The van der Waals surface area contributed by atoms with Crippen molar-refractivity contribution in [2.24, 2.45) is 5.41 Å². The van der Waals surface area contributed by atoms with Crippen molar-refractivity contribution in [1.29, 1.82) is 5.26 Å². The lowest BCUT2D eigenvalue weighted by Crippen LogP contribution is -2.07. The van der Waals surface area contributed by atoms with Gasteiger partial charge in [-0.05, 0) is 50.0 Å². The largest absolute Gasteiger partial charge is 0.507 e. The van der Waals surface area contributed by atoms with Gasteiger partial charge in [-0.1, -0.05) is 24.3 Å². The highest BCUT2D eigenvalue weighted by Gasteiger charge is 2.15. The topological polar surface area (TPSA) is 44.0 Å². The van der Waals surface area contributed by atoms with Crippen LogP contribution in [0.2, 0.25) is 0 Å². The number of phenols is 1. The molecule has 0 aliphatic carbocycles. The standard InChI is InChI=1S/C17H19NOS/c1-17(2,12-18)10-5-11-20-16-9-8-15(19)13-6-3-4-7-14(13)16/h3-4,6-9,19H,5,10-11H2,1-2H3. The van der Waals surface area contributed by atoms with E-state index in [-0.39, 0.29) is 5.41 Å².